The predicted octanol–water partition coefficient (Wildman–Crippen LogP) is 2.78. The van der Waals surface area contributed by atoms with Gasteiger partial charge in [-0.15, -0.1) is 0 Å². The van der Waals surface area contributed by atoms with Gasteiger partial charge >= 0.3 is 0 Å². The monoisotopic (exact) mass is 218 g/mol. The van der Waals surface area contributed by atoms with E-state index in [0.29, 0.717) is 6.42 Å². The van der Waals surface area contributed by atoms with Crippen molar-refractivity contribution in [2.75, 3.05) is 0 Å². The number of hydrogen-bond acceptors (Lipinski definition) is 3. The first-order valence-corrected chi connectivity index (χ1v) is 5.34. The quantitative estimate of drug-likeness (QED) is 0.848. The van der Waals surface area contributed by atoms with Crippen molar-refractivity contribution in [2.24, 2.45) is 5.73 Å². The van der Waals surface area contributed by atoms with Crippen molar-refractivity contribution in [1.29, 1.82) is 5.26 Å². The Morgan fingerprint density at radius 1 is 1.31 bits per heavy atom. The molecule has 0 radical (unpaired) electrons. The van der Waals surface area contributed by atoms with Gasteiger partial charge in [0.1, 0.15) is 11.4 Å². The molecule has 0 fully saturated rings. The lowest BCUT2D eigenvalue weighted by atomic mass is 10.1. The molecule has 0 aliphatic rings. The van der Waals surface area contributed by atoms with Gasteiger partial charge in [-0.2, -0.15) is 5.26 Å². The number of nitrogens with zero attached hydrogens (tertiary/aromatic N) is 1. The molecule has 16 heavy (non-hydrogen) atoms. The predicted molar refractivity (Wildman–Crippen MR) is 64.0 cm³/mol. The fourth-order valence-electron chi connectivity index (χ4n) is 1.35. The Balaban J connectivity index is 2.72. The largest absolute Gasteiger partial charge is 0.488 e. The summed E-state index contributed by atoms with van der Waals surface area (Å²) in [7, 11) is 0. The van der Waals surface area contributed by atoms with E-state index in [9.17, 15) is 0 Å². The third-order valence-electron chi connectivity index (χ3n) is 2.04. The van der Waals surface area contributed by atoms with Gasteiger partial charge in [0.2, 0.25) is 0 Å². The highest BCUT2D eigenvalue weighted by Gasteiger charge is 2.12. The van der Waals surface area contributed by atoms with Crippen LogP contribution in [0.2, 0.25) is 0 Å². The second-order valence-corrected chi connectivity index (χ2v) is 4.75. The first-order valence-electron chi connectivity index (χ1n) is 5.34. The summed E-state index contributed by atoms with van der Waals surface area (Å²) in [4.78, 5) is 0. The molecule has 1 rings (SSSR count). The summed E-state index contributed by atoms with van der Waals surface area (Å²) in [6, 6.07) is 9.43. The zero-order valence-corrected chi connectivity index (χ0v) is 10.0. The number of hydrogen-bond donors (Lipinski definition) is 1. The van der Waals surface area contributed by atoms with Crippen molar-refractivity contribution in [3.63, 3.8) is 0 Å². The van der Waals surface area contributed by atoms with Crippen LogP contribution in [0.5, 0.6) is 5.75 Å². The molecular weight excluding hydrogens is 200 g/mol. The van der Waals surface area contributed by atoms with Crippen molar-refractivity contribution < 1.29 is 4.74 Å². The van der Waals surface area contributed by atoms with Gasteiger partial charge in [-0.3, -0.25) is 0 Å². The van der Waals surface area contributed by atoms with Crippen LogP contribution in [-0.2, 0) is 0 Å². The van der Waals surface area contributed by atoms with E-state index in [1.807, 2.05) is 45.0 Å². The van der Waals surface area contributed by atoms with E-state index in [4.69, 9.17) is 15.7 Å². The second kappa shape index (κ2) is 5.00. The molecule has 86 valence electrons. The molecule has 0 aliphatic heterocycles. The minimum absolute atomic E-state index is 0.198. The van der Waals surface area contributed by atoms with Crippen LogP contribution in [0, 0.1) is 11.3 Å². The Morgan fingerprint density at radius 3 is 2.31 bits per heavy atom. The highest BCUT2D eigenvalue weighted by atomic mass is 16.5. The van der Waals surface area contributed by atoms with Crippen LogP contribution in [0.4, 0.5) is 0 Å². The van der Waals surface area contributed by atoms with Crippen LogP contribution in [0.1, 0.15) is 38.8 Å². The molecule has 0 saturated heterocycles. The highest BCUT2D eigenvalue weighted by Crippen LogP contribution is 2.21. The van der Waals surface area contributed by atoms with E-state index in [-0.39, 0.29) is 11.6 Å². The van der Waals surface area contributed by atoms with Gasteiger partial charge in [-0.1, -0.05) is 12.1 Å². The molecule has 0 amide bonds. The normalized spacial score (nSPS) is 12.9. The minimum atomic E-state index is -0.214. The molecule has 0 heterocycles. The van der Waals surface area contributed by atoms with E-state index < -0.39 is 0 Å². The van der Waals surface area contributed by atoms with Gasteiger partial charge in [-0.25, -0.2) is 0 Å². The Hall–Kier alpha value is -1.53. The van der Waals surface area contributed by atoms with Crippen LogP contribution in [0.3, 0.4) is 0 Å². The number of nitriles is 1. The van der Waals surface area contributed by atoms with Gasteiger partial charge in [0.25, 0.3) is 0 Å². The first-order chi connectivity index (χ1) is 7.42. The Labute approximate surface area is 96.8 Å². The van der Waals surface area contributed by atoms with Crippen LogP contribution in [-0.4, -0.2) is 5.60 Å². The molecule has 0 bridgehead atoms. The summed E-state index contributed by atoms with van der Waals surface area (Å²) in [6.45, 7) is 6.01. The topological polar surface area (TPSA) is 59.0 Å². The van der Waals surface area contributed by atoms with Crippen LogP contribution in [0.25, 0.3) is 0 Å². The first kappa shape index (κ1) is 12.5. The van der Waals surface area contributed by atoms with Crippen molar-refractivity contribution in [1.82, 2.24) is 0 Å². The third kappa shape index (κ3) is 3.92. The van der Waals surface area contributed by atoms with Gasteiger partial charge in [0, 0.05) is 6.04 Å². The summed E-state index contributed by atoms with van der Waals surface area (Å²) in [6.07, 6.45) is 0.333. The lowest BCUT2D eigenvalue weighted by Crippen LogP contribution is -2.22. The van der Waals surface area contributed by atoms with E-state index in [2.05, 4.69) is 6.07 Å². The molecule has 3 nitrogen and oxygen atoms in total. The standard InChI is InChI=1S/C13H18N2O/c1-13(2,3)16-11-6-4-10(5-7-11)12(15)8-9-14/h4-7,12H,8,15H2,1-3H3/t12-/m0/s1. The van der Waals surface area contributed by atoms with Crippen molar-refractivity contribution >= 4 is 0 Å². The molecule has 0 saturated carbocycles. The number of ether oxygens (including phenoxy) is 1. The summed E-state index contributed by atoms with van der Waals surface area (Å²) in [5.74, 6) is 0.820. The SMILES string of the molecule is CC(C)(C)Oc1ccc([C@@H](N)CC#N)cc1. The van der Waals surface area contributed by atoms with E-state index in [0.717, 1.165) is 11.3 Å². The maximum atomic E-state index is 8.55. The van der Waals surface area contributed by atoms with Crippen LogP contribution < -0.4 is 10.5 Å². The molecule has 0 unspecified atom stereocenters. The zero-order valence-electron chi connectivity index (χ0n) is 10.0. The molecular formula is C13H18N2O. The van der Waals surface area contributed by atoms with E-state index in [1.165, 1.54) is 0 Å². The second-order valence-electron chi connectivity index (χ2n) is 4.75. The Bertz CT molecular complexity index is 370. The average molecular weight is 218 g/mol. The molecule has 1 aromatic carbocycles. The molecule has 0 aromatic heterocycles. The lowest BCUT2D eigenvalue weighted by Gasteiger charge is -2.21. The van der Waals surface area contributed by atoms with E-state index in [1.54, 1.807) is 0 Å². The maximum absolute atomic E-state index is 8.55. The fraction of sp³-hybridized carbons (Fsp3) is 0.462. The molecule has 1 atom stereocenters. The molecule has 3 heteroatoms. The fourth-order valence-corrected chi connectivity index (χ4v) is 1.35. The maximum Gasteiger partial charge on any atom is 0.120 e. The number of benzene rings is 1. The number of nitrogens with two attached hydrogens (primary N) is 1. The van der Waals surface area contributed by atoms with Crippen LogP contribution in [0.15, 0.2) is 24.3 Å². The van der Waals surface area contributed by atoms with Gasteiger partial charge in [0.05, 0.1) is 12.5 Å². The van der Waals surface area contributed by atoms with Gasteiger partial charge in [-0.05, 0) is 38.5 Å². The third-order valence-corrected chi connectivity index (χ3v) is 2.04. The summed E-state index contributed by atoms with van der Waals surface area (Å²) in [5.41, 5.74) is 6.58. The van der Waals surface area contributed by atoms with E-state index >= 15 is 0 Å². The van der Waals surface area contributed by atoms with Crippen molar-refractivity contribution in [2.45, 2.75) is 38.8 Å². The minimum Gasteiger partial charge on any atom is -0.488 e. The summed E-state index contributed by atoms with van der Waals surface area (Å²) in [5, 5.41) is 8.55. The van der Waals surface area contributed by atoms with Crippen LogP contribution >= 0.6 is 0 Å². The lowest BCUT2D eigenvalue weighted by molar-refractivity contribution is 0.131. The summed E-state index contributed by atoms with van der Waals surface area (Å²) < 4.78 is 5.69. The summed E-state index contributed by atoms with van der Waals surface area (Å²) >= 11 is 0. The highest BCUT2D eigenvalue weighted by molar-refractivity contribution is 5.29. The smallest absolute Gasteiger partial charge is 0.120 e. The molecule has 0 spiro atoms. The van der Waals surface area contributed by atoms with Gasteiger partial charge < -0.3 is 10.5 Å². The van der Waals surface area contributed by atoms with Crippen molar-refractivity contribution in [3.8, 4) is 11.8 Å². The Kier molecular flexibility index (Phi) is 3.92. The average Bonchev–Trinajstić information content (AvgIpc) is 2.16. The zero-order chi connectivity index (χ0) is 12.2. The van der Waals surface area contributed by atoms with Crippen molar-refractivity contribution in [3.05, 3.63) is 29.8 Å². The molecule has 2 N–H and O–H groups in total. The molecule has 1 aromatic rings. The Morgan fingerprint density at radius 2 is 1.88 bits per heavy atom. The number of rotatable bonds is 3. The molecule has 0 aliphatic carbocycles. The van der Waals surface area contributed by atoms with Gasteiger partial charge in [0.15, 0.2) is 0 Å².